The highest BCUT2D eigenvalue weighted by Gasteiger charge is 2.23. The molecule has 20 heavy (non-hydrogen) atoms. The smallest absolute Gasteiger partial charge is 0.130 e. The second-order valence-corrected chi connectivity index (χ2v) is 5.76. The highest BCUT2D eigenvalue weighted by Crippen LogP contribution is 2.34. The lowest BCUT2D eigenvalue weighted by Gasteiger charge is -2.22. The molecular formula is C17H26FNO. The van der Waals surface area contributed by atoms with Gasteiger partial charge in [0.2, 0.25) is 0 Å². The molecule has 1 aliphatic carbocycles. The first kappa shape index (κ1) is 15.3. The van der Waals surface area contributed by atoms with Gasteiger partial charge < -0.3 is 10.1 Å². The Labute approximate surface area is 121 Å². The maximum Gasteiger partial charge on any atom is 0.130 e. The molecule has 0 aliphatic heterocycles. The van der Waals surface area contributed by atoms with Crippen molar-refractivity contribution in [2.24, 2.45) is 0 Å². The number of ether oxygens (including phenoxy) is 1. The van der Waals surface area contributed by atoms with Crippen LogP contribution in [-0.2, 0) is 0 Å². The molecule has 2 unspecified atom stereocenters. The zero-order valence-electron chi connectivity index (χ0n) is 12.6. The third kappa shape index (κ3) is 3.95. The van der Waals surface area contributed by atoms with Crippen LogP contribution in [0.4, 0.5) is 4.39 Å². The number of hydrogen-bond donors (Lipinski definition) is 1. The lowest BCUT2D eigenvalue weighted by molar-refractivity contribution is 0.407. The summed E-state index contributed by atoms with van der Waals surface area (Å²) < 4.78 is 19.3. The Hall–Kier alpha value is -1.09. The SMILES string of the molecule is CCCNC1CCCCC(c2ccc(OC)cc2F)C1. The number of rotatable bonds is 5. The van der Waals surface area contributed by atoms with Gasteiger partial charge in [0.05, 0.1) is 7.11 Å². The van der Waals surface area contributed by atoms with E-state index in [0.29, 0.717) is 17.7 Å². The van der Waals surface area contributed by atoms with Crippen molar-refractivity contribution in [2.75, 3.05) is 13.7 Å². The zero-order chi connectivity index (χ0) is 14.4. The Bertz CT molecular complexity index is 421. The van der Waals surface area contributed by atoms with E-state index in [0.717, 1.165) is 31.4 Å². The standard InChI is InChI=1S/C17H26FNO/c1-3-10-19-14-7-5-4-6-13(11-14)16-9-8-15(20-2)12-17(16)18/h8-9,12-14,19H,3-7,10-11H2,1-2H3. The second kappa shape index (κ2) is 7.63. The van der Waals surface area contributed by atoms with Crippen molar-refractivity contribution in [1.29, 1.82) is 0 Å². The number of benzene rings is 1. The Balaban J connectivity index is 2.09. The first-order valence-electron chi connectivity index (χ1n) is 7.81. The van der Waals surface area contributed by atoms with Crippen LogP contribution in [0.1, 0.15) is 56.9 Å². The predicted molar refractivity (Wildman–Crippen MR) is 80.9 cm³/mol. The molecule has 0 radical (unpaired) electrons. The lowest BCUT2D eigenvalue weighted by Crippen LogP contribution is -2.30. The Morgan fingerprint density at radius 1 is 1.30 bits per heavy atom. The molecule has 2 nitrogen and oxygen atoms in total. The van der Waals surface area contributed by atoms with Crippen LogP contribution in [0.25, 0.3) is 0 Å². The summed E-state index contributed by atoms with van der Waals surface area (Å²) in [6, 6.07) is 5.82. The number of hydrogen-bond acceptors (Lipinski definition) is 2. The van der Waals surface area contributed by atoms with Crippen LogP contribution in [0.3, 0.4) is 0 Å². The van der Waals surface area contributed by atoms with Gasteiger partial charge in [-0.1, -0.05) is 25.8 Å². The normalized spacial score (nSPS) is 23.4. The molecule has 0 bridgehead atoms. The van der Waals surface area contributed by atoms with Gasteiger partial charge in [0.15, 0.2) is 0 Å². The van der Waals surface area contributed by atoms with Crippen molar-refractivity contribution in [2.45, 2.75) is 57.4 Å². The Morgan fingerprint density at radius 3 is 2.80 bits per heavy atom. The molecule has 1 N–H and O–H groups in total. The fraction of sp³-hybridized carbons (Fsp3) is 0.647. The number of halogens is 1. The molecule has 3 heteroatoms. The van der Waals surface area contributed by atoms with Gasteiger partial charge in [-0.2, -0.15) is 0 Å². The molecule has 1 aliphatic rings. The summed E-state index contributed by atoms with van der Waals surface area (Å²) >= 11 is 0. The van der Waals surface area contributed by atoms with E-state index in [2.05, 4.69) is 12.2 Å². The maximum atomic E-state index is 14.2. The van der Waals surface area contributed by atoms with E-state index >= 15 is 0 Å². The van der Waals surface area contributed by atoms with Crippen LogP contribution in [0, 0.1) is 5.82 Å². The predicted octanol–water partition coefficient (Wildman–Crippen LogP) is 4.25. The van der Waals surface area contributed by atoms with E-state index in [-0.39, 0.29) is 5.82 Å². The number of methoxy groups -OCH3 is 1. The minimum Gasteiger partial charge on any atom is -0.497 e. The van der Waals surface area contributed by atoms with E-state index in [1.54, 1.807) is 7.11 Å². The van der Waals surface area contributed by atoms with E-state index in [1.165, 1.54) is 25.3 Å². The minimum absolute atomic E-state index is 0.120. The molecule has 0 spiro atoms. The average Bonchev–Trinajstić information content (AvgIpc) is 2.70. The van der Waals surface area contributed by atoms with Crippen molar-refractivity contribution in [3.05, 3.63) is 29.6 Å². The molecule has 1 aromatic carbocycles. The molecule has 1 aromatic rings. The summed E-state index contributed by atoms with van der Waals surface area (Å²) in [7, 11) is 1.57. The first-order valence-corrected chi connectivity index (χ1v) is 7.81. The van der Waals surface area contributed by atoms with Crippen LogP contribution in [-0.4, -0.2) is 19.7 Å². The van der Waals surface area contributed by atoms with Crippen LogP contribution < -0.4 is 10.1 Å². The van der Waals surface area contributed by atoms with E-state index in [1.807, 2.05) is 12.1 Å². The van der Waals surface area contributed by atoms with Crippen LogP contribution in [0.5, 0.6) is 5.75 Å². The molecular weight excluding hydrogens is 253 g/mol. The average molecular weight is 279 g/mol. The summed E-state index contributed by atoms with van der Waals surface area (Å²) in [6.45, 7) is 3.24. The summed E-state index contributed by atoms with van der Waals surface area (Å²) in [5, 5.41) is 3.61. The molecule has 0 saturated heterocycles. The molecule has 2 rings (SSSR count). The van der Waals surface area contributed by atoms with Crippen LogP contribution in [0.2, 0.25) is 0 Å². The van der Waals surface area contributed by atoms with Gasteiger partial charge in [0.25, 0.3) is 0 Å². The summed E-state index contributed by atoms with van der Waals surface area (Å²) in [6.07, 6.45) is 6.94. The van der Waals surface area contributed by atoms with Crippen molar-refractivity contribution in [3.8, 4) is 5.75 Å². The van der Waals surface area contributed by atoms with Gasteiger partial charge in [0, 0.05) is 12.1 Å². The summed E-state index contributed by atoms with van der Waals surface area (Å²) in [4.78, 5) is 0. The topological polar surface area (TPSA) is 21.3 Å². The molecule has 1 fully saturated rings. The van der Waals surface area contributed by atoms with E-state index in [9.17, 15) is 4.39 Å². The largest absolute Gasteiger partial charge is 0.497 e. The molecule has 0 heterocycles. The third-order valence-electron chi connectivity index (χ3n) is 4.25. The van der Waals surface area contributed by atoms with Crippen LogP contribution in [0.15, 0.2) is 18.2 Å². The fourth-order valence-electron chi connectivity index (χ4n) is 3.14. The lowest BCUT2D eigenvalue weighted by atomic mass is 9.90. The van der Waals surface area contributed by atoms with Crippen molar-refractivity contribution in [1.82, 2.24) is 5.32 Å². The monoisotopic (exact) mass is 279 g/mol. The Kier molecular flexibility index (Phi) is 5.84. The third-order valence-corrected chi connectivity index (χ3v) is 4.25. The highest BCUT2D eigenvalue weighted by molar-refractivity contribution is 5.31. The highest BCUT2D eigenvalue weighted by atomic mass is 19.1. The minimum atomic E-state index is -0.120. The van der Waals surface area contributed by atoms with E-state index < -0.39 is 0 Å². The summed E-state index contributed by atoms with van der Waals surface area (Å²) in [5.74, 6) is 0.809. The van der Waals surface area contributed by atoms with Crippen molar-refractivity contribution >= 4 is 0 Å². The van der Waals surface area contributed by atoms with Gasteiger partial charge in [-0.05, 0) is 49.8 Å². The molecule has 2 atom stereocenters. The Morgan fingerprint density at radius 2 is 2.10 bits per heavy atom. The van der Waals surface area contributed by atoms with Gasteiger partial charge in [-0.3, -0.25) is 0 Å². The van der Waals surface area contributed by atoms with E-state index in [4.69, 9.17) is 4.74 Å². The van der Waals surface area contributed by atoms with Crippen molar-refractivity contribution in [3.63, 3.8) is 0 Å². The summed E-state index contributed by atoms with van der Waals surface area (Å²) in [5.41, 5.74) is 0.857. The molecule has 0 amide bonds. The van der Waals surface area contributed by atoms with Gasteiger partial charge in [0.1, 0.15) is 11.6 Å². The quantitative estimate of drug-likeness (QED) is 0.814. The molecule has 0 aromatic heterocycles. The fourth-order valence-corrected chi connectivity index (χ4v) is 3.14. The van der Waals surface area contributed by atoms with Crippen LogP contribution >= 0.6 is 0 Å². The van der Waals surface area contributed by atoms with Gasteiger partial charge in [-0.15, -0.1) is 0 Å². The molecule has 1 saturated carbocycles. The zero-order valence-corrected chi connectivity index (χ0v) is 12.6. The molecule has 112 valence electrons. The first-order chi connectivity index (χ1) is 9.74. The van der Waals surface area contributed by atoms with Gasteiger partial charge >= 0.3 is 0 Å². The number of nitrogens with one attached hydrogen (secondary N) is 1. The second-order valence-electron chi connectivity index (χ2n) is 5.76. The maximum absolute atomic E-state index is 14.2. The van der Waals surface area contributed by atoms with Crippen molar-refractivity contribution < 1.29 is 9.13 Å². The van der Waals surface area contributed by atoms with Gasteiger partial charge in [-0.25, -0.2) is 4.39 Å².